The van der Waals surface area contributed by atoms with Crippen molar-refractivity contribution in [3.63, 3.8) is 0 Å². The molecule has 0 spiro atoms. The number of nitrogens with two attached hydrogens (primary N) is 1. The Balaban J connectivity index is 0. The summed E-state index contributed by atoms with van der Waals surface area (Å²) < 4.78 is 0. The molecule has 1 fully saturated rings. The van der Waals surface area contributed by atoms with Crippen LogP contribution in [0.5, 0.6) is 0 Å². The van der Waals surface area contributed by atoms with E-state index in [1.54, 1.807) is 0 Å². The van der Waals surface area contributed by atoms with Crippen LogP contribution in [-0.4, -0.2) is 6.04 Å². The first-order valence-electron chi connectivity index (χ1n) is 6.08. The first-order valence-corrected chi connectivity index (χ1v) is 6.08. The Morgan fingerprint density at radius 2 is 1.62 bits per heavy atom. The monoisotopic (exact) mass is 187 g/mol. The zero-order chi connectivity index (χ0) is 10.7. The Labute approximate surface area is 85.1 Å². The molecule has 0 heterocycles. The van der Waals surface area contributed by atoms with Gasteiger partial charge in [0.2, 0.25) is 0 Å². The Bertz CT molecular complexity index is 81.2. The molecule has 1 nitrogen and oxygen atoms in total. The highest BCUT2D eigenvalue weighted by Crippen LogP contribution is 2.24. The number of hydrogen-bond donors (Lipinski definition) is 1. The summed E-state index contributed by atoms with van der Waals surface area (Å²) in [5, 5.41) is 0. The first-order chi connectivity index (χ1) is 6.33. The van der Waals surface area contributed by atoms with E-state index in [-0.39, 0.29) is 0 Å². The lowest BCUT2D eigenvalue weighted by Crippen LogP contribution is -2.27. The third-order valence-electron chi connectivity index (χ3n) is 2.40. The molecule has 1 aliphatic carbocycles. The fourth-order valence-corrected chi connectivity index (χ4v) is 1.70. The minimum Gasteiger partial charge on any atom is -0.328 e. The van der Waals surface area contributed by atoms with E-state index in [2.05, 4.69) is 6.92 Å². The zero-order valence-electron chi connectivity index (χ0n) is 10.3. The highest BCUT2D eigenvalue weighted by Gasteiger charge is 2.16. The van der Waals surface area contributed by atoms with Crippen molar-refractivity contribution >= 4 is 0 Å². The van der Waals surface area contributed by atoms with Crippen LogP contribution >= 0.6 is 0 Å². The van der Waals surface area contributed by atoms with Gasteiger partial charge in [0.15, 0.2) is 0 Å². The Hall–Kier alpha value is -0.0400. The number of hydrogen-bond acceptors (Lipinski definition) is 1. The van der Waals surface area contributed by atoms with E-state index in [1.807, 2.05) is 27.7 Å². The standard InChI is InChI=1S/C8H17N.2C2H6/c1-2-7-4-3-5-8(9)6-7;2*1-2/h7-8H,2-6,9H2,1H3;2*1-2H3. The van der Waals surface area contributed by atoms with E-state index in [0.717, 1.165) is 5.92 Å². The first kappa shape index (κ1) is 15.4. The molecule has 0 bridgehead atoms. The van der Waals surface area contributed by atoms with E-state index in [9.17, 15) is 0 Å². The van der Waals surface area contributed by atoms with Gasteiger partial charge >= 0.3 is 0 Å². The smallest absolute Gasteiger partial charge is 0.00414 e. The van der Waals surface area contributed by atoms with Gasteiger partial charge in [-0.2, -0.15) is 0 Å². The van der Waals surface area contributed by atoms with Crippen LogP contribution in [0.15, 0.2) is 0 Å². The molecule has 0 amide bonds. The molecule has 0 saturated heterocycles. The molecule has 0 aromatic carbocycles. The molecule has 2 atom stereocenters. The molecule has 1 aliphatic rings. The topological polar surface area (TPSA) is 26.0 Å². The Kier molecular flexibility index (Phi) is 14.2. The summed E-state index contributed by atoms with van der Waals surface area (Å²) in [6, 6.07) is 0.517. The van der Waals surface area contributed by atoms with Crippen molar-refractivity contribution in [2.45, 2.75) is 72.8 Å². The van der Waals surface area contributed by atoms with Gasteiger partial charge in [-0.3, -0.25) is 0 Å². The minimum absolute atomic E-state index is 0.517. The summed E-state index contributed by atoms with van der Waals surface area (Å²) in [5.41, 5.74) is 5.80. The average molecular weight is 187 g/mol. The van der Waals surface area contributed by atoms with Crippen molar-refractivity contribution in [1.82, 2.24) is 0 Å². The lowest BCUT2D eigenvalue weighted by Gasteiger charge is -2.25. The van der Waals surface area contributed by atoms with Crippen LogP contribution in [-0.2, 0) is 0 Å². The van der Waals surface area contributed by atoms with Crippen molar-refractivity contribution in [2.75, 3.05) is 0 Å². The molecule has 0 aliphatic heterocycles. The predicted octanol–water partition coefficient (Wildman–Crippen LogP) is 3.97. The molecule has 1 saturated carbocycles. The zero-order valence-corrected chi connectivity index (χ0v) is 10.3. The van der Waals surface area contributed by atoms with E-state index < -0.39 is 0 Å². The SMILES string of the molecule is CC.CC.CCC1CCCC(N)C1. The Morgan fingerprint density at radius 3 is 1.92 bits per heavy atom. The minimum atomic E-state index is 0.517. The van der Waals surface area contributed by atoms with Crippen molar-refractivity contribution in [2.24, 2.45) is 11.7 Å². The Morgan fingerprint density at radius 1 is 1.08 bits per heavy atom. The van der Waals surface area contributed by atoms with Gasteiger partial charge in [0.05, 0.1) is 0 Å². The molecule has 1 rings (SSSR count). The summed E-state index contributed by atoms with van der Waals surface area (Å²) in [5.74, 6) is 0.939. The maximum atomic E-state index is 5.80. The molecule has 2 N–H and O–H groups in total. The maximum absolute atomic E-state index is 5.80. The second-order valence-corrected chi connectivity index (χ2v) is 3.20. The van der Waals surface area contributed by atoms with Crippen LogP contribution in [0.2, 0.25) is 0 Å². The van der Waals surface area contributed by atoms with Crippen molar-refractivity contribution in [1.29, 1.82) is 0 Å². The lowest BCUT2D eigenvalue weighted by atomic mass is 9.85. The van der Waals surface area contributed by atoms with Crippen molar-refractivity contribution < 1.29 is 0 Å². The van der Waals surface area contributed by atoms with Gasteiger partial charge in [-0.05, 0) is 18.8 Å². The lowest BCUT2D eigenvalue weighted by molar-refractivity contribution is 0.315. The van der Waals surface area contributed by atoms with Crippen LogP contribution < -0.4 is 5.73 Å². The van der Waals surface area contributed by atoms with Gasteiger partial charge in [0.25, 0.3) is 0 Å². The maximum Gasteiger partial charge on any atom is 0.00414 e. The summed E-state index contributed by atoms with van der Waals surface area (Å²) in [6.07, 6.45) is 6.64. The quantitative estimate of drug-likeness (QED) is 0.660. The van der Waals surface area contributed by atoms with E-state index >= 15 is 0 Å². The molecule has 1 heteroatoms. The van der Waals surface area contributed by atoms with Crippen LogP contribution in [0.3, 0.4) is 0 Å². The molecular weight excluding hydrogens is 158 g/mol. The summed E-state index contributed by atoms with van der Waals surface area (Å²) in [6.45, 7) is 10.3. The van der Waals surface area contributed by atoms with Gasteiger partial charge in [-0.1, -0.05) is 53.9 Å². The molecule has 2 unspecified atom stereocenters. The molecule has 0 radical (unpaired) electrons. The van der Waals surface area contributed by atoms with Gasteiger partial charge in [-0.25, -0.2) is 0 Å². The normalized spacial score (nSPS) is 26.3. The second-order valence-electron chi connectivity index (χ2n) is 3.20. The van der Waals surface area contributed by atoms with Crippen LogP contribution in [0.25, 0.3) is 0 Å². The van der Waals surface area contributed by atoms with Crippen LogP contribution in [0.1, 0.15) is 66.7 Å². The van der Waals surface area contributed by atoms with Crippen molar-refractivity contribution in [3.8, 4) is 0 Å². The highest BCUT2D eigenvalue weighted by molar-refractivity contribution is 4.73. The van der Waals surface area contributed by atoms with E-state index in [4.69, 9.17) is 5.73 Å². The van der Waals surface area contributed by atoms with E-state index in [1.165, 1.54) is 32.1 Å². The molecule has 82 valence electrons. The van der Waals surface area contributed by atoms with E-state index in [0.29, 0.717) is 6.04 Å². The largest absolute Gasteiger partial charge is 0.328 e. The van der Waals surface area contributed by atoms with Crippen molar-refractivity contribution in [3.05, 3.63) is 0 Å². The van der Waals surface area contributed by atoms with Crippen LogP contribution in [0.4, 0.5) is 0 Å². The highest BCUT2D eigenvalue weighted by atomic mass is 14.6. The molecule has 0 aromatic rings. The molecule has 13 heavy (non-hydrogen) atoms. The third kappa shape index (κ3) is 8.29. The fraction of sp³-hybridized carbons (Fsp3) is 1.00. The average Bonchev–Trinajstić information content (AvgIpc) is 2.24. The number of rotatable bonds is 1. The van der Waals surface area contributed by atoms with Gasteiger partial charge in [0.1, 0.15) is 0 Å². The van der Waals surface area contributed by atoms with Crippen LogP contribution in [0, 0.1) is 5.92 Å². The van der Waals surface area contributed by atoms with Gasteiger partial charge in [-0.15, -0.1) is 0 Å². The third-order valence-corrected chi connectivity index (χ3v) is 2.40. The van der Waals surface area contributed by atoms with Gasteiger partial charge in [0, 0.05) is 6.04 Å². The summed E-state index contributed by atoms with van der Waals surface area (Å²) in [7, 11) is 0. The fourth-order valence-electron chi connectivity index (χ4n) is 1.70. The summed E-state index contributed by atoms with van der Waals surface area (Å²) in [4.78, 5) is 0. The summed E-state index contributed by atoms with van der Waals surface area (Å²) >= 11 is 0. The predicted molar refractivity (Wildman–Crippen MR) is 62.9 cm³/mol. The molecular formula is C12H29N. The second kappa shape index (κ2) is 12.0. The van der Waals surface area contributed by atoms with Gasteiger partial charge < -0.3 is 5.73 Å². The molecule has 0 aromatic heterocycles.